The van der Waals surface area contributed by atoms with Gasteiger partial charge in [0.15, 0.2) is 5.71 Å². The smallest absolute Gasteiger partial charge is 0.360 e. The summed E-state index contributed by atoms with van der Waals surface area (Å²) >= 11 is 1.36. The number of rotatable bonds is 3. The van der Waals surface area contributed by atoms with Crippen molar-refractivity contribution in [3.8, 4) is 0 Å². The second-order valence-electron chi connectivity index (χ2n) is 1.37. The Kier molecular flexibility index (Phi) is 4.17. The van der Waals surface area contributed by atoms with Crippen LogP contribution in [0.15, 0.2) is 0 Å². The van der Waals surface area contributed by atoms with E-state index in [1.807, 2.05) is 0 Å². The molecule has 4 nitrogen and oxygen atoms in total. The number of esters is 1. The molecule has 0 unspecified atom stereocenters. The average Bonchev–Trinajstić information content (AvgIpc) is 1.87. The van der Waals surface area contributed by atoms with Gasteiger partial charge >= 0.3 is 5.97 Å². The van der Waals surface area contributed by atoms with Gasteiger partial charge in [0.05, 0.1) is 6.61 Å². The van der Waals surface area contributed by atoms with Gasteiger partial charge < -0.3 is 4.74 Å². The molecule has 10 heavy (non-hydrogen) atoms. The summed E-state index contributed by atoms with van der Waals surface area (Å²) in [5.41, 5.74) is -0.609. The molecule has 0 aliphatic carbocycles. The van der Waals surface area contributed by atoms with Crippen molar-refractivity contribution in [2.45, 2.75) is 6.92 Å². The van der Waals surface area contributed by atoms with E-state index >= 15 is 0 Å². The van der Waals surface area contributed by atoms with Crippen LogP contribution in [0.3, 0.4) is 0 Å². The molecule has 0 amide bonds. The number of hydrogen-bond donors (Lipinski definition) is 1. The molecule has 0 aromatic heterocycles. The van der Waals surface area contributed by atoms with Crippen LogP contribution in [0.5, 0.6) is 0 Å². The van der Waals surface area contributed by atoms with Gasteiger partial charge in [-0.1, -0.05) is 0 Å². The Morgan fingerprint density at radius 3 is 2.40 bits per heavy atom. The summed E-state index contributed by atoms with van der Waals surface area (Å²) < 4.78 is 3.77. The summed E-state index contributed by atoms with van der Waals surface area (Å²) in [6.07, 6.45) is 0. The lowest BCUT2D eigenvalue weighted by molar-refractivity contribution is -0.135. The maximum atomic E-state index is 10.5. The van der Waals surface area contributed by atoms with Crippen molar-refractivity contribution in [2.75, 3.05) is 6.61 Å². The summed E-state index contributed by atoms with van der Waals surface area (Å²) in [5, 5.41) is 6.82. The second-order valence-corrected chi connectivity index (χ2v) is 2.35. The first-order valence-corrected chi connectivity index (χ1v) is 3.63. The molecule has 0 aliphatic rings. The van der Waals surface area contributed by atoms with Crippen molar-refractivity contribution in [1.29, 1.82) is 5.41 Å². The Bertz CT molecular complexity index is 178. The molecule has 0 saturated heterocycles. The molecule has 0 radical (unpaired) electrons. The Labute approximate surface area is 71.6 Å². The number of halogens is 1. The number of hydrogen-bond acceptors (Lipinski definition) is 4. The van der Waals surface area contributed by atoms with Crippen LogP contribution < -0.4 is 0 Å². The van der Waals surface area contributed by atoms with Crippen molar-refractivity contribution < 1.29 is 14.3 Å². The molecule has 0 heterocycles. The largest absolute Gasteiger partial charge is 0.461 e. The highest BCUT2D eigenvalue weighted by Gasteiger charge is 2.15. The fraction of sp³-hybridized carbons (Fsp3) is 0.400. The van der Waals surface area contributed by atoms with Crippen molar-refractivity contribution in [1.82, 2.24) is 0 Å². The fourth-order valence-electron chi connectivity index (χ4n) is 0.284. The van der Waals surface area contributed by atoms with Crippen molar-refractivity contribution in [3.63, 3.8) is 0 Å². The predicted molar refractivity (Wildman–Crippen MR) is 43.4 cm³/mol. The molecule has 0 saturated carbocycles. The van der Waals surface area contributed by atoms with Crippen LogP contribution in [-0.2, 0) is 14.3 Å². The van der Waals surface area contributed by atoms with Gasteiger partial charge in [-0.3, -0.25) is 10.2 Å². The zero-order valence-corrected chi connectivity index (χ0v) is 7.47. The summed E-state index contributed by atoms with van der Waals surface area (Å²) in [7, 11) is 0. The van der Waals surface area contributed by atoms with Gasteiger partial charge in [0.1, 0.15) is 0 Å². The zero-order chi connectivity index (χ0) is 8.15. The van der Waals surface area contributed by atoms with Gasteiger partial charge in [0.25, 0.3) is 0 Å². The van der Waals surface area contributed by atoms with Gasteiger partial charge in [-0.05, 0) is 6.92 Å². The van der Waals surface area contributed by atoms with Crippen LogP contribution in [0.25, 0.3) is 0 Å². The van der Waals surface area contributed by atoms with Crippen molar-refractivity contribution in [2.24, 2.45) is 0 Å². The molecule has 1 N–H and O–H groups in total. The molecule has 0 aromatic rings. The third kappa shape index (κ3) is 2.90. The van der Waals surface area contributed by atoms with Gasteiger partial charge in [-0.2, -0.15) is 0 Å². The molecule has 0 aliphatic heterocycles. The van der Waals surface area contributed by atoms with E-state index in [1.165, 1.54) is 22.6 Å². The van der Waals surface area contributed by atoms with Gasteiger partial charge in [-0.15, -0.1) is 0 Å². The molecule has 0 bridgehead atoms. The summed E-state index contributed by atoms with van der Waals surface area (Å²) in [5.74, 6) is -0.859. The number of carbonyl (C=O) groups excluding carboxylic acids is 2. The van der Waals surface area contributed by atoms with Crippen molar-refractivity contribution >= 4 is 38.1 Å². The monoisotopic (exact) mass is 255 g/mol. The minimum atomic E-state index is -0.859. The van der Waals surface area contributed by atoms with E-state index < -0.39 is 15.5 Å². The second kappa shape index (κ2) is 4.37. The molecule has 0 aromatic carbocycles. The van der Waals surface area contributed by atoms with Gasteiger partial charge in [0.2, 0.25) is 3.79 Å². The SMILES string of the molecule is CCOC(=O)C(=N)C(=O)I. The van der Waals surface area contributed by atoms with Crippen molar-refractivity contribution in [3.05, 3.63) is 0 Å². The predicted octanol–water partition coefficient (Wildman–Crippen LogP) is 0.531. The third-order valence-corrected chi connectivity index (χ3v) is 1.22. The van der Waals surface area contributed by atoms with E-state index in [4.69, 9.17) is 5.41 Å². The highest BCUT2D eigenvalue weighted by molar-refractivity contribution is 14.1. The number of ether oxygens (including phenoxy) is 1. The third-order valence-electron chi connectivity index (χ3n) is 0.676. The average molecular weight is 255 g/mol. The first-order chi connectivity index (χ1) is 4.59. The van der Waals surface area contributed by atoms with Crippen LogP contribution in [0, 0.1) is 5.41 Å². The first kappa shape index (κ1) is 9.54. The van der Waals surface area contributed by atoms with E-state index in [9.17, 15) is 9.59 Å². The number of carbonyl (C=O) groups is 2. The van der Waals surface area contributed by atoms with E-state index in [0.29, 0.717) is 0 Å². The molecule has 0 fully saturated rings. The van der Waals surface area contributed by atoms with E-state index in [1.54, 1.807) is 6.92 Å². The summed E-state index contributed by atoms with van der Waals surface area (Å²) in [6.45, 7) is 1.80. The Balaban J connectivity index is 3.96. The lowest BCUT2D eigenvalue weighted by Gasteiger charge is -1.97. The summed E-state index contributed by atoms with van der Waals surface area (Å²) in [4.78, 5) is 20.8. The highest BCUT2D eigenvalue weighted by atomic mass is 127. The van der Waals surface area contributed by atoms with Crippen LogP contribution in [0.4, 0.5) is 0 Å². The minimum Gasteiger partial charge on any atom is -0.461 e. The standard InChI is InChI=1S/C5H6INO3/c1-2-10-5(9)3(7)4(6)8/h7H,2H2,1H3. The lowest BCUT2D eigenvalue weighted by Crippen LogP contribution is -2.21. The lowest BCUT2D eigenvalue weighted by atomic mass is 10.4. The maximum Gasteiger partial charge on any atom is 0.360 e. The Hall–Kier alpha value is -0.460. The molecule has 56 valence electrons. The molecule has 0 rings (SSSR count). The van der Waals surface area contributed by atoms with Crippen LogP contribution in [0.1, 0.15) is 6.92 Å². The molecule has 5 heteroatoms. The van der Waals surface area contributed by atoms with E-state index in [0.717, 1.165) is 0 Å². The molecule has 0 spiro atoms. The quantitative estimate of drug-likeness (QED) is 0.263. The van der Waals surface area contributed by atoms with E-state index in [2.05, 4.69) is 4.74 Å². The molecule has 0 atom stereocenters. The first-order valence-electron chi connectivity index (χ1n) is 2.55. The Morgan fingerprint density at radius 2 is 2.10 bits per heavy atom. The Morgan fingerprint density at radius 1 is 1.60 bits per heavy atom. The molecular formula is C5H6INO3. The highest BCUT2D eigenvalue weighted by Crippen LogP contribution is 1.91. The topological polar surface area (TPSA) is 67.2 Å². The van der Waals surface area contributed by atoms with E-state index in [-0.39, 0.29) is 6.61 Å². The molecular weight excluding hydrogens is 249 g/mol. The van der Waals surface area contributed by atoms with Gasteiger partial charge in [-0.25, -0.2) is 4.79 Å². The normalized spacial score (nSPS) is 8.60. The van der Waals surface area contributed by atoms with Gasteiger partial charge in [0, 0.05) is 22.6 Å². The minimum absolute atomic E-state index is 0.186. The maximum absolute atomic E-state index is 10.5. The number of nitrogens with one attached hydrogen (secondary N) is 1. The van der Waals surface area contributed by atoms with Crippen LogP contribution in [0.2, 0.25) is 0 Å². The van der Waals surface area contributed by atoms with Crippen LogP contribution >= 0.6 is 22.6 Å². The van der Waals surface area contributed by atoms with Crippen LogP contribution in [-0.4, -0.2) is 22.1 Å². The fourth-order valence-corrected chi connectivity index (χ4v) is 0.504. The zero-order valence-electron chi connectivity index (χ0n) is 5.31. The summed E-state index contributed by atoms with van der Waals surface area (Å²) in [6, 6.07) is 0.